The predicted molar refractivity (Wildman–Crippen MR) is 108 cm³/mol. The van der Waals surface area contributed by atoms with Gasteiger partial charge in [-0.2, -0.15) is 0 Å². The van der Waals surface area contributed by atoms with E-state index in [0.717, 1.165) is 18.9 Å². The van der Waals surface area contributed by atoms with E-state index in [0.29, 0.717) is 35.4 Å². The van der Waals surface area contributed by atoms with E-state index in [1.807, 2.05) is 0 Å². The van der Waals surface area contributed by atoms with Crippen LogP contribution in [0.5, 0.6) is 11.5 Å². The average molecular weight is 427 g/mol. The number of allylic oxidation sites excluding steroid dienone is 1. The van der Waals surface area contributed by atoms with E-state index in [9.17, 15) is 9.59 Å². The van der Waals surface area contributed by atoms with Crippen LogP contribution in [0.25, 0.3) is 6.08 Å². The molecule has 0 spiro atoms. The van der Waals surface area contributed by atoms with Gasteiger partial charge in [-0.05, 0) is 44.4 Å². The summed E-state index contributed by atoms with van der Waals surface area (Å²) in [6, 6.07) is 6.00. The summed E-state index contributed by atoms with van der Waals surface area (Å²) in [5, 5.41) is 9.90. The van der Waals surface area contributed by atoms with Crippen molar-refractivity contribution in [1.29, 1.82) is 0 Å². The van der Waals surface area contributed by atoms with Crippen LogP contribution < -0.4 is 14.9 Å². The molecule has 1 aromatic heterocycles. The number of aromatic carboxylic acids is 1. The van der Waals surface area contributed by atoms with Crippen LogP contribution in [-0.4, -0.2) is 24.3 Å². The third-order valence-corrected chi connectivity index (χ3v) is 4.39. The molecule has 0 atom stereocenters. The van der Waals surface area contributed by atoms with Crippen LogP contribution >= 0.6 is 23.2 Å². The molecule has 28 heavy (non-hydrogen) atoms. The number of carboxylic acids is 1. The molecule has 0 radical (unpaired) electrons. The quantitative estimate of drug-likeness (QED) is 0.518. The number of carboxylic acid groups (broad SMARTS) is 1. The maximum Gasteiger partial charge on any atom is 0.371 e. The molecule has 1 heterocycles. The lowest BCUT2D eigenvalue weighted by Crippen LogP contribution is -2.13. The van der Waals surface area contributed by atoms with Gasteiger partial charge in [0.1, 0.15) is 5.75 Å². The fourth-order valence-electron chi connectivity index (χ4n) is 2.32. The number of hydrogen-bond acceptors (Lipinski definition) is 5. The van der Waals surface area contributed by atoms with Gasteiger partial charge < -0.3 is 19.0 Å². The molecule has 1 N–H and O–H groups in total. The van der Waals surface area contributed by atoms with E-state index >= 15 is 0 Å². The van der Waals surface area contributed by atoms with Crippen LogP contribution in [0.4, 0.5) is 0 Å². The van der Waals surface area contributed by atoms with E-state index in [-0.39, 0.29) is 11.5 Å². The van der Waals surface area contributed by atoms with Crippen molar-refractivity contribution in [3.8, 4) is 11.5 Å². The third-order valence-electron chi connectivity index (χ3n) is 3.65. The van der Waals surface area contributed by atoms with E-state index < -0.39 is 17.2 Å². The molecule has 0 aliphatic carbocycles. The van der Waals surface area contributed by atoms with Crippen molar-refractivity contribution < 1.29 is 23.8 Å². The number of unbranched alkanes of at least 4 members (excludes halogenated alkanes) is 2. The molecular formula is C20H20Cl2O6. The van der Waals surface area contributed by atoms with Crippen molar-refractivity contribution in [1.82, 2.24) is 0 Å². The van der Waals surface area contributed by atoms with Gasteiger partial charge in [-0.15, -0.1) is 0 Å². The molecule has 0 fully saturated rings. The zero-order valence-electron chi connectivity index (χ0n) is 15.2. The van der Waals surface area contributed by atoms with Gasteiger partial charge in [-0.25, -0.2) is 4.79 Å². The highest BCUT2D eigenvalue weighted by Gasteiger charge is 2.15. The molecule has 0 saturated carbocycles. The molecule has 2 rings (SSSR count). The summed E-state index contributed by atoms with van der Waals surface area (Å²) in [5.74, 6) is -0.982. The Labute approximate surface area is 172 Å². The minimum atomic E-state index is -1.31. The number of rotatable bonds is 10. The Hall–Kier alpha value is -2.44. The van der Waals surface area contributed by atoms with Crippen molar-refractivity contribution in [3.63, 3.8) is 0 Å². The van der Waals surface area contributed by atoms with Gasteiger partial charge in [0.2, 0.25) is 16.9 Å². The monoisotopic (exact) mass is 426 g/mol. The van der Waals surface area contributed by atoms with Crippen LogP contribution in [0.15, 0.2) is 39.6 Å². The Balaban J connectivity index is 1.79. The third kappa shape index (κ3) is 6.32. The first-order valence-corrected chi connectivity index (χ1v) is 9.42. The summed E-state index contributed by atoms with van der Waals surface area (Å²) in [6.45, 7) is 2.54. The zero-order chi connectivity index (χ0) is 20.5. The SMILES string of the molecule is C/C=C/c1oc(C(=O)O)cc(=O)c1OCCCCCOc1ccc(Cl)c(Cl)c1. The molecule has 0 aliphatic heterocycles. The summed E-state index contributed by atoms with van der Waals surface area (Å²) >= 11 is 11.8. The first-order chi connectivity index (χ1) is 13.4. The van der Waals surface area contributed by atoms with Crippen LogP contribution in [0.2, 0.25) is 10.0 Å². The lowest BCUT2D eigenvalue weighted by Gasteiger charge is -2.09. The Kier molecular flexibility index (Phi) is 8.42. The summed E-state index contributed by atoms with van der Waals surface area (Å²) in [7, 11) is 0. The van der Waals surface area contributed by atoms with Gasteiger partial charge in [0, 0.05) is 12.1 Å². The Bertz CT molecular complexity index is 904. The normalized spacial score (nSPS) is 11.0. The molecule has 150 valence electrons. The molecular weight excluding hydrogens is 407 g/mol. The summed E-state index contributed by atoms with van der Waals surface area (Å²) in [6.07, 6.45) is 5.43. The molecule has 0 saturated heterocycles. The van der Waals surface area contributed by atoms with E-state index in [1.165, 1.54) is 6.08 Å². The number of hydrogen-bond donors (Lipinski definition) is 1. The van der Waals surface area contributed by atoms with Gasteiger partial charge >= 0.3 is 5.97 Å². The molecule has 0 aliphatic rings. The van der Waals surface area contributed by atoms with Gasteiger partial charge in [-0.3, -0.25) is 4.79 Å². The standard InChI is InChI=1S/C20H20Cl2O6/c1-2-6-17-19(16(23)12-18(28-17)20(24)25)27-10-5-3-4-9-26-13-7-8-14(21)15(22)11-13/h2,6-8,11-12H,3-5,9-10H2,1H3,(H,24,25)/b6-2+. The topological polar surface area (TPSA) is 86.0 Å². The maximum absolute atomic E-state index is 12.1. The predicted octanol–water partition coefficient (Wildman–Crippen LogP) is 5.31. The fraction of sp³-hybridized carbons (Fsp3) is 0.300. The first kappa shape index (κ1) is 21.9. The highest BCUT2D eigenvalue weighted by Crippen LogP contribution is 2.26. The van der Waals surface area contributed by atoms with Gasteiger partial charge in [0.05, 0.1) is 23.3 Å². The molecule has 2 aromatic rings. The maximum atomic E-state index is 12.1. The molecule has 0 bridgehead atoms. The van der Waals surface area contributed by atoms with Gasteiger partial charge in [0.15, 0.2) is 5.76 Å². The Morgan fingerprint density at radius 2 is 1.82 bits per heavy atom. The fourth-order valence-corrected chi connectivity index (χ4v) is 2.61. The molecule has 0 amide bonds. The highest BCUT2D eigenvalue weighted by molar-refractivity contribution is 6.42. The van der Waals surface area contributed by atoms with Crippen molar-refractivity contribution in [3.05, 3.63) is 62.1 Å². The number of halogens is 2. The molecule has 8 heteroatoms. The molecule has 1 aromatic carbocycles. The summed E-state index contributed by atoms with van der Waals surface area (Å²) < 4.78 is 16.3. The largest absolute Gasteiger partial charge is 0.494 e. The summed E-state index contributed by atoms with van der Waals surface area (Å²) in [4.78, 5) is 23.1. The van der Waals surface area contributed by atoms with Crippen molar-refractivity contribution in [2.45, 2.75) is 26.2 Å². The average Bonchev–Trinajstić information content (AvgIpc) is 2.65. The zero-order valence-corrected chi connectivity index (χ0v) is 16.8. The van der Waals surface area contributed by atoms with Crippen LogP contribution in [0.3, 0.4) is 0 Å². The van der Waals surface area contributed by atoms with Gasteiger partial charge in [0.25, 0.3) is 0 Å². The minimum absolute atomic E-state index is 0.00940. The van der Waals surface area contributed by atoms with Crippen LogP contribution in [0, 0.1) is 0 Å². The summed E-state index contributed by atoms with van der Waals surface area (Å²) in [5.41, 5.74) is -0.528. The van der Waals surface area contributed by atoms with E-state index in [2.05, 4.69) is 0 Å². The smallest absolute Gasteiger partial charge is 0.371 e. The highest BCUT2D eigenvalue weighted by atomic mass is 35.5. The number of carbonyl (C=O) groups is 1. The van der Waals surface area contributed by atoms with Gasteiger partial charge in [-0.1, -0.05) is 29.3 Å². The van der Waals surface area contributed by atoms with Crippen molar-refractivity contribution in [2.75, 3.05) is 13.2 Å². The van der Waals surface area contributed by atoms with E-state index in [4.69, 9.17) is 42.2 Å². The van der Waals surface area contributed by atoms with Crippen molar-refractivity contribution in [2.24, 2.45) is 0 Å². The Morgan fingerprint density at radius 1 is 1.11 bits per heavy atom. The number of ether oxygens (including phenoxy) is 2. The molecule has 6 nitrogen and oxygen atoms in total. The molecule has 0 unspecified atom stereocenters. The second kappa shape index (κ2) is 10.8. The van der Waals surface area contributed by atoms with E-state index in [1.54, 1.807) is 31.2 Å². The van der Waals surface area contributed by atoms with Crippen LogP contribution in [0.1, 0.15) is 42.5 Å². The first-order valence-electron chi connectivity index (χ1n) is 8.67. The second-order valence-corrected chi connectivity index (χ2v) is 6.62. The number of benzene rings is 1. The lowest BCUT2D eigenvalue weighted by atomic mass is 10.2. The second-order valence-electron chi connectivity index (χ2n) is 5.81. The van der Waals surface area contributed by atoms with Crippen molar-refractivity contribution >= 4 is 35.2 Å². The lowest BCUT2D eigenvalue weighted by molar-refractivity contribution is 0.0658. The Morgan fingerprint density at radius 3 is 2.46 bits per heavy atom. The van der Waals surface area contributed by atoms with Crippen LogP contribution in [-0.2, 0) is 0 Å². The minimum Gasteiger partial charge on any atom is -0.494 e.